The monoisotopic (exact) mass is 443 g/mol. The van der Waals surface area contributed by atoms with E-state index in [4.69, 9.17) is 0 Å². The van der Waals surface area contributed by atoms with Gasteiger partial charge in [0.15, 0.2) is 0 Å². The van der Waals surface area contributed by atoms with Crippen LogP contribution in [0.3, 0.4) is 0 Å². The normalized spacial score (nSPS) is 11.9. The van der Waals surface area contributed by atoms with Crippen LogP contribution in [0.4, 0.5) is 14.5 Å². The molecule has 0 fully saturated rings. The second-order valence-electron chi connectivity index (χ2n) is 5.81. The molecule has 0 bridgehead atoms. The molecule has 0 N–H and O–H groups in total. The number of halogens is 3. The van der Waals surface area contributed by atoms with Gasteiger partial charge in [-0.1, -0.05) is 35.5 Å². The molecule has 136 valence electrons. The highest BCUT2D eigenvalue weighted by atomic mass is 79.9. The first-order valence-corrected chi connectivity index (χ1v) is 9.89. The Morgan fingerprint density at radius 3 is 2.37 bits per heavy atom. The van der Waals surface area contributed by atoms with Crippen LogP contribution in [0.15, 0.2) is 92.6 Å². The minimum atomic E-state index is -0.361. The van der Waals surface area contributed by atoms with E-state index in [-0.39, 0.29) is 11.6 Å². The zero-order valence-electron chi connectivity index (χ0n) is 14.5. The first-order valence-electron chi connectivity index (χ1n) is 8.21. The number of nitrogens with zero attached hydrogens (tertiary/aromatic N) is 1. The van der Waals surface area contributed by atoms with Crippen molar-refractivity contribution in [2.24, 2.45) is 4.99 Å². The van der Waals surface area contributed by atoms with E-state index in [0.29, 0.717) is 15.7 Å². The molecule has 27 heavy (non-hydrogen) atoms. The molecule has 0 aliphatic carbocycles. The first-order chi connectivity index (χ1) is 13.0. The lowest BCUT2D eigenvalue weighted by molar-refractivity contribution is 0.619. The smallest absolute Gasteiger partial charge is 0.146 e. The Balaban J connectivity index is 1.94. The fourth-order valence-electron chi connectivity index (χ4n) is 2.34. The summed E-state index contributed by atoms with van der Waals surface area (Å²) in [5, 5.41) is 1.82. The minimum absolute atomic E-state index is 0.277. The summed E-state index contributed by atoms with van der Waals surface area (Å²) in [6, 6.07) is 19.0. The molecule has 3 rings (SSSR count). The molecule has 0 radical (unpaired) electrons. The third-order valence-corrected chi connectivity index (χ3v) is 5.18. The van der Waals surface area contributed by atoms with E-state index in [0.717, 1.165) is 16.1 Å². The van der Waals surface area contributed by atoms with Crippen molar-refractivity contribution in [3.05, 3.63) is 105 Å². The summed E-state index contributed by atoms with van der Waals surface area (Å²) in [4.78, 5) is 5.50. The van der Waals surface area contributed by atoms with Gasteiger partial charge in [0.1, 0.15) is 11.6 Å². The van der Waals surface area contributed by atoms with Crippen molar-refractivity contribution in [3.8, 4) is 0 Å². The zero-order valence-corrected chi connectivity index (χ0v) is 16.9. The zero-order chi connectivity index (χ0) is 19.2. The lowest BCUT2D eigenvalue weighted by Crippen LogP contribution is -2.01. The fraction of sp³-hybridized carbons (Fsp3) is 0.0455. The molecule has 0 aliphatic heterocycles. The summed E-state index contributed by atoms with van der Waals surface area (Å²) in [5.74, 6) is -0.638. The van der Waals surface area contributed by atoms with E-state index >= 15 is 0 Å². The van der Waals surface area contributed by atoms with Gasteiger partial charge in [-0.2, -0.15) is 0 Å². The highest BCUT2D eigenvalue weighted by Crippen LogP contribution is 2.24. The Hall–Kier alpha value is -2.24. The average Bonchev–Trinajstić information content (AvgIpc) is 2.66. The average molecular weight is 444 g/mol. The largest absolute Gasteiger partial charge is 0.248 e. The van der Waals surface area contributed by atoms with Crippen molar-refractivity contribution in [1.29, 1.82) is 0 Å². The number of rotatable bonds is 5. The molecule has 5 heteroatoms. The van der Waals surface area contributed by atoms with E-state index in [2.05, 4.69) is 20.9 Å². The molecule has 0 unspecified atom stereocenters. The number of hydrogen-bond donors (Lipinski definition) is 0. The van der Waals surface area contributed by atoms with Gasteiger partial charge in [0.25, 0.3) is 0 Å². The summed E-state index contributed by atoms with van der Waals surface area (Å²) in [5.41, 5.74) is 2.78. The van der Waals surface area contributed by atoms with Gasteiger partial charge in [-0.25, -0.2) is 13.8 Å². The van der Waals surface area contributed by atoms with Crippen molar-refractivity contribution in [2.75, 3.05) is 0 Å². The molecule has 0 atom stereocenters. The third kappa shape index (κ3) is 5.37. The number of allylic oxidation sites excluding steroid dienone is 1. The van der Waals surface area contributed by atoms with Crippen LogP contribution in [0.5, 0.6) is 0 Å². The second kappa shape index (κ2) is 9.11. The summed E-state index contributed by atoms with van der Waals surface area (Å²) < 4.78 is 28.0. The first kappa shape index (κ1) is 19.5. The lowest BCUT2D eigenvalue weighted by Gasteiger charge is -2.06. The minimum Gasteiger partial charge on any atom is -0.248 e. The van der Waals surface area contributed by atoms with Gasteiger partial charge >= 0.3 is 0 Å². The van der Waals surface area contributed by atoms with Gasteiger partial charge in [-0.15, -0.1) is 0 Å². The second-order valence-corrected chi connectivity index (χ2v) is 7.64. The molecule has 0 aromatic heterocycles. The molecule has 0 spiro atoms. The van der Waals surface area contributed by atoms with Gasteiger partial charge in [0.05, 0.1) is 15.9 Å². The molecule has 0 amide bonds. The molecular weight excluding hydrogens is 428 g/mol. The molecule has 0 saturated carbocycles. The number of thioether (sulfide) groups is 1. The van der Waals surface area contributed by atoms with Crippen LogP contribution in [0.25, 0.3) is 0 Å². The van der Waals surface area contributed by atoms with Crippen LogP contribution in [0.1, 0.15) is 11.1 Å². The number of aryl methyl sites for hydroxylation is 1. The highest BCUT2D eigenvalue weighted by Gasteiger charge is 2.10. The molecule has 0 aliphatic rings. The number of aliphatic imine (C=N–C) groups is 1. The van der Waals surface area contributed by atoms with E-state index in [1.807, 2.05) is 36.6 Å². The molecule has 1 nitrogen and oxygen atoms in total. The Bertz CT molecular complexity index is 980. The van der Waals surface area contributed by atoms with Crippen molar-refractivity contribution in [3.63, 3.8) is 0 Å². The fourth-order valence-corrected chi connectivity index (χ4v) is 3.35. The maximum atomic E-state index is 14.6. The predicted octanol–water partition coefficient (Wildman–Crippen LogP) is 7.46. The quantitative estimate of drug-likeness (QED) is 0.294. The molecule has 0 saturated heterocycles. The topological polar surface area (TPSA) is 12.4 Å². The van der Waals surface area contributed by atoms with Gasteiger partial charge in [0, 0.05) is 10.5 Å². The molecule has 3 aromatic rings. The maximum Gasteiger partial charge on any atom is 0.146 e. The number of hydrogen-bond acceptors (Lipinski definition) is 2. The predicted molar refractivity (Wildman–Crippen MR) is 113 cm³/mol. The van der Waals surface area contributed by atoms with Crippen molar-refractivity contribution in [2.45, 2.75) is 11.8 Å². The lowest BCUT2D eigenvalue weighted by atomic mass is 10.1. The summed E-state index contributed by atoms with van der Waals surface area (Å²) in [7, 11) is 0. The van der Waals surface area contributed by atoms with E-state index in [9.17, 15) is 8.78 Å². The molecule has 3 aromatic carbocycles. The van der Waals surface area contributed by atoms with E-state index in [1.165, 1.54) is 23.9 Å². The summed E-state index contributed by atoms with van der Waals surface area (Å²) in [6.07, 6.45) is 1.76. The Labute approximate surface area is 170 Å². The Morgan fingerprint density at radius 1 is 0.963 bits per heavy atom. The van der Waals surface area contributed by atoms with Gasteiger partial charge in [0.2, 0.25) is 0 Å². The van der Waals surface area contributed by atoms with Crippen LogP contribution in [0.2, 0.25) is 0 Å². The third-order valence-electron chi connectivity index (χ3n) is 3.75. The van der Waals surface area contributed by atoms with Crippen molar-refractivity contribution in [1.82, 2.24) is 0 Å². The van der Waals surface area contributed by atoms with Crippen LogP contribution < -0.4 is 0 Å². The summed E-state index contributed by atoms with van der Waals surface area (Å²) in [6.45, 7) is 2.00. The van der Waals surface area contributed by atoms with Gasteiger partial charge in [-0.05, 0) is 82.9 Å². The van der Waals surface area contributed by atoms with E-state index < -0.39 is 0 Å². The van der Waals surface area contributed by atoms with Crippen LogP contribution in [-0.4, -0.2) is 5.71 Å². The molecular formula is C22H16BrF2NS. The maximum absolute atomic E-state index is 14.6. The standard InChI is InChI=1S/C22H16BrF2NS/c1-15-5-9-17(10-6-15)26-21(19-3-2-4-20(23)22(19)25)13-14-27-18-11-7-16(24)8-12-18/h2-14H,1H3. The number of benzene rings is 3. The molecule has 0 heterocycles. The van der Waals surface area contributed by atoms with Crippen molar-refractivity contribution < 1.29 is 8.78 Å². The Kier molecular flexibility index (Phi) is 6.58. The Morgan fingerprint density at radius 2 is 1.67 bits per heavy atom. The van der Waals surface area contributed by atoms with Gasteiger partial charge < -0.3 is 0 Å². The van der Waals surface area contributed by atoms with E-state index in [1.54, 1.807) is 36.4 Å². The van der Waals surface area contributed by atoms with Crippen molar-refractivity contribution >= 4 is 39.1 Å². The summed E-state index contributed by atoms with van der Waals surface area (Å²) >= 11 is 4.64. The van der Waals surface area contributed by atoms with Gasteiger partial charge in [-0.3, -0.25) is 0 Å². The highest BCUT2D eigenvalue weighted by molar-refractivity contribution is 9.10. The van der Waals surface area contributed by atoms with Crippen LogP contribution >= 0.6 is 27.7 Å². The van der Waals surface area contributed by atoms with Crippen LogP contribution in [-0.2, 0) is 0 Å². The van der Waals surface area contributed by atoms with Crippen LogP contribution in [0, 0.1) is 18.6 Å². The SMILES string of the molecule is Cc1ccc(N=C(C=CSc2ccc(F)cc2)c2cccc(Br)c2F)cc1.